The Labute approximate surface area is 188 Å². The van der Waals surface area contributed by atoms with E-state index in [0.29, 0.717) is 5.92 Å². The number of thioether (sulfide) groups is 1. The quantitative estimate of drug-likeness (QED) is 0.275. The molecule has 1 atom stereocenters. The van der Waals surface area contributed by atoms with Crippen molar-refractivity contribution in [2.45, 2.75) is 51.1 Å². The summed E-state index contributed by atoms with van der Waals surface area (Å²) in [6, 6.07) is 10.7. The average molecular weight is 449 g/mol. The third-order valence-electron chi connectivity index (χ3n) is 6.12. The fourth-order valence-electron chi connectivity index (χ4n) is 4.60. The Hall–Kier alpha value is -2.45. The highest BCUT2D eigenvalue weighted by molar-refractivity contribution is 7.99. The minimum absolute atomic E-state index is 0.706. The summed E-state index contributed by atoms with van der Waals surface area (Å²) in [6.07, 6.45) is 5.71. The molecule has 31 heavy (non-hydrogen) atoms. The Bertz CT molecular complexity index is 1400. The molecule has 5 aromatic rings. The monoisotopic (exact) mass is 448 g/mol. The van der Waals surface area contributed by atoms with Crippen molar-refractivity contribution in [3.8, 4) is 0 Å². The molecular formula is C23H24N6S2. The Kier molecular flexibility index (Phi) is 4.72. The summed E-state index contributed by atoms with van der Waals surface area (Å²) in [5.74, 6) is 3.25. The van der Waals surface area contributed by atoms with Crippen LogP contribution in [0.4, 0.5) is 0 Å². The van der Waals surface area contributed by atoms with Crippen LogP contribution in [0.5, 0.6) is 0 Å². The van der Waals surface area contributed by atoms with E-state index < -0.39 is 0 Å². The third-order valence-corrected chi connectivity index (χ3v) is 8.41. The smallest absolute Gasteiger partial charge is 0.244 e. The van der Waals surface area contributed by atoms with Gasteiger partial charge < -0.3 is 0 Å². The molecule has 0 fully saturated rings. The number of nitrogens with zero attached hydrogens (tertiary/aromatic N) is 6. The standard InChI is InChI=1S/C23H24N6S2/c1-14-10-11-18-17(13-14)19-20-24-15(2)27-29(20)22-25-26-23(28(22)21(19)31-18)30-12-6-9-16-7-4-3-5-8-16/h3-5,7-8,14H,6,9-13H2,1-2H3. The van der Waals surface area contributed by atoms with Crippen molar-refractivity contribution in [3.63, 3.8) is 0 Å². The van der Waals surface area contributed by atoms with Crippen LogP contribution in [0.1, 0.15) is 41.6 Å². The molecule has 4 heterocycles. The van der Waals surface area contributed by atoms with Crippen molar-refractivity contribution in [1.29, 1.82) is 0 Å². The molecule has 0 N–H and O–H groups in total. The molecule has 1 aliphatic carbocycles. The number of aryl methyl sites for hydroxylation is 3. The zero-order valence-electron chi connectivity index (χ0n) is 17.7. The molecule has 0 spiro atoms. The normalized spacial score (nSPS) is 16.5. The van der Waals surface area contributed by atoms with Gasteiger partial charge in [-0.1, -0.05) is 49.0 Å². The molecule has 0 bridgehead atoms. The molecule has 1 aromatic carbocycles. The summed E-state index contributed by atoms with van der Waals surface area (Å²) < 4.78 is 4.11. The summed E-state index contributed by atoms with van der Waals surface area (Å²) in [5.41, 5.74) is 3.78. The number of thiophene rings is 1. The van der Waals surface area contributed by atoms with E-state index in [2.05, 4.69) is 57.0 Å². The fourth-order valence-corrected chi connectivity index (χ4v) is 6.87. The van der Waals surface area contributed by atoms with Gasteiger partial charge in [-0.25, -0.2) is 9.38 Å². The first-order valence-electron chi connectivity index (χ1n) is 10.9. The van der Waals surface area contributed by atoms with Crippen molar-refractivity contribution in [3.05, 3.63) is 52.2 Å². The lowest BCUT2D eigenvalue weighted by atomic mass is 9.89. The number of hydrogen-bond donors (Lipinski definition) is 0. The van der Waals surface area contributed by atoms with Crippen LogP contribution in [-0.4, -0.2) is 34.9 Å². The van der Waals surface area contributed by atoms with Gasteiger partial charge in [0.15, 0.2) is 10.8 Å². The van der Waals surface area contributed by atoms with Crippen LogP contribution in [0.3, 0.4) is 0 Å². The van der Waals surface area contributed by atoms with Gasteiger partial charge in [0, 0.05) is 10.6 Å². The number of benzene rings is 1. The van der Waals surface area contributed by atoms with Crippen molar-refractivity contribution >= 4 is 44.7 Å². The van der Waals surface area contributed by atoms with Gasteiger partial charge in [-0.2, -0.15) is 4.52 Å². The molecule has 6 nitrogen and oxygen atoms in total. The van der Waals surface area contributed by atoms with Crippen LogP contribution < -0.4 is 0 Å². The maximum atomic E-state index is 4.79. The van der Waals surface area contributed by atoms with Crippen molar-refractivity contribution in [2.24, 2.45) is 5.92 Å². The molecule has 1 aliphatic rings. The van der Waals surface area contributed by atoms with E-state index in [1.807, 2.05) is 22.8 Å². The zero-order chi connectivity index (χ0) is 20.9. The zero-order valence-corrected chi connectivity index (χ0v) is 19.3. The van der Waals surface area contributed by atoms with Gasteiger partial charge in [-0.05, 0) is 56.1 Å². The van der Waals surface area contributed by atoms with Crippen LogP contribution in [0.2, 0.25) is 0 Å². The number of fused-ring (bicyclic) bond motifs is 8. The molecule has 6 rings (SSSR count). The van der Waals surface area contributed by atoms with Crippen molar-refractivity contribution in [1.82, 2.24) is 29.2 Å². The van der Waals surface area contributed by atoms with Gasteiger partial charge in [-0.3, -0.25) is 0 Å². The second kappa shape index (κ2) is 7.60. The predicted octanol–water partition coefficient (Wildman–Crippen LogP) is 5.14. The lowest BCUT2D eigenvalue weighted by molar-refractivity contribution is 0.508. The molecule has 4 aromatic heterocycles. The second-order valence-electron chi connectivity index (χ2n) is 8.48. The molecular weight excluding hydrogens is 424 g/mol. The summed E-state index contributed by atoms with van der Waals surface area (Å²) >= 11 is 3.69. The molecule has 0 amide bonds. The summed E-state index contributed by atoms with van der Waals surface area (Å²) in [4.78, 5) is 7.51. The number of rotatable bonds is 5. The molecule has 0 radical (unpaired) electrons. The second-order valence-corrected chi connectivity index (χ2v) is 10.6. The van der Waals surface area contributed by atoms with Crippen LogP contribution >= 0.6 is 23.1 Å². The maximum Gasteiger partial charge on any atom is 0.260 e. The highest BCUT2D eigenvalue weighted by atomic mass is 32.2. The van der Waals surface area contributed by atoms with Gasteiger partial charge >= 0.3 is 0 Å². The van der Waals surface area contributed by atoms with Crippen LogP contribution in [0.25, 0.3) is 21.6 Å². The van der Waals surface area contributed by atoms with Gasteiger partial charge in [0.1, 0.15) is 10.7 Å². The first-order valence-corrected chi connectivity index (χ1v) is 12.7. The molecule has 1 unspecified atom stereocenters. The minimum Gasteiger partial charge on any atom is -0.244 e. The van der Waals surface area contributed by atoms with E-state index >= 15 is 0 Å². The Morgan fingerprint density at radius 2 is 2.06 bits per heavy atom. The predicted molar refractivity (Wildman–Crippen MR) is 126 cm³/mol. The molecule has 0 aliphatic heterocycles. The lowest BCUT2D eigenvalue weighted by Gasteiger charge is -2.17. The minimum atomic E-state index is 0.706. The van der Waals surface area contributed by atoms with Gasteiger partial charge in [0.2, 0.25) is 0 Å². The van der Waals surface area contributed by atoms with Gasteiger partial charge in [0.05, 0.1) is 5.39 Å². The molecule has 0 saturated carbocycles. The van der Waals surface area contributed by atoms with Gasteiger partial charge in [0.25, 0.3) is 5.78 Å². The lowest BCUT2D eigenvalue weighted by Crippen LogP contribution is -2.09. The Balaban J connectivity index is 1.42. The molecule has 0 saturated heterocycles. The number of aromatic nitrogens is 6. The van der Waals surface area contributed by atoms with E-state index in [0.717, 1.165) is 53.8 Å². The van der Waals surface area contributed by atoms with E-state index in [-0.39, 0.29) is 0 Å². The van der Waals surface area contributed by atoms with Crippen LogP contribution in [-0.2, 0) is 19.3 Å². The first kappa shape index (κ1) is 19.3. The molecule has 8 heteroatoms. The van der Waals surface area contributed by atoms with Crippen LogP contribution in [0, 0.1) is 12.8 Å². The van der Waals surface area contributed by atoms with E-state index in [9.17, 15) is 0 Å². The average Bonchev–Trinajstić information content (AvgIpc) is 3.46. The highest BCUT2D eigenvalue weighted by Gasteiger charge is 2.27. The topological polar surface area (TPSA) is 60.4 Å². The Morgan fingerprint density at radius 3 is 2.94 bits per heavy atom. The van der Waals surface area contributed by atoms with Gasteiger partial charge in [-0.15, -0.1) is 26.6 Å². The highest BCUT2D eigenvalue weighted by Crippen LogP contribution is 2.41. The van der Waals surface area contributed by atoms with Crippen LogP contribution in [0.15, 0.2) is 35.5 Å². The largest absolute Gasteiger partial charge is 0.260 e. The van der Waals surface area contributed by atoms with E-state index in [1.54, 1.807) is 11.8 Å². The van der Waals surface area contributed by atoms with E-state index in [1.165, 1.54) is 32.6 Å². The maximum absolute atomic E-state index is 4.79. The SMILES string of the molecule is Cc1nc2c3c4c(sc3n3c(SCCCc5ccccc5)nnc3n2n1)CCC(C)C4. The fraction of sp³-hybridized carbons (Fsp3) is 0.391. The molecule has 158 valence electrons. The first-order chi connectivity index (χ1) is 15.2. The van der Waals surface area contributed by atoms with Crippen molar-refractivity contribution < 1.29 is 0 Å². The number of hydrogen-bond acceptors (Lipinski definition) is 6. The summed E-state index contributed by atoms with van der Waals surface area (Å²) in [7, 11) is 0. The van der Waals surface area contributed by atoms with Crippen molar-refractivity contribution in [2.75, 3.05) is 5.75 Å². The third kappa shape index (κ3) is 3.24. The Morgan fingerprint density at radius 1 is 1.19 bits per heavy atom. The summed E-state index contributed by atoms with van der Waals surface area (Å²) in [6.45, 7) is 4.30. The summed E-state index contributed by atoms with van der Waals surface area (Å²) in [5, 5.41) is 16.0. The van der Waals surface area contributed by atoms with E-state index in [4.69, 9.17) is 4.98 Å².